The molecule has 3 aromatic heterocycles. The highest BCUT2D eigenvalue weighted by Crippen LogP contribution is 2.28. The van der Waals surface area contributed by atoms with Gasteiger partial charge < -0.3 is 14.0 Å². The second kappa shape index (κ2) is 15.4. The molecule has 0 radical (unpaired) electrons. The molecule has 0 saturated carbocycles. The second-order valence-corrected chi connectivity index (χ2v) is 14.1. The molecule has 0 saturated heterocycles. The Labute approximate surface area is 298 Å². The second-order valence-electron chi connectivity index (χ2n) is 13.0. The number of thioether (sulfide) groups is 1. The number of ether oxygens (including phenoxy) is 2. The van der Waals surface area contributed by atoms with E-state index in [1.807, 2.05) is 37.3 Å². The van der Waals surface area contributed by atoms with E-state index in [-0.39, 0.29) is 25.1 Å². The summed E-state index contributed by atoms with van der Waals surface area (Å²) in [6, 6.07) is 24.5. The fraction of sp³-hybridized carbons (Fsp3) is 0.256. The van der Waals surface area contributed by atoms with Crippen LogP contribution in [0.3, 0.4) is 0 Å². The van der Waals surface area contributed by atoms with Crippen LogP contribution in [-0.2, 0) is 22.6 Å². The summed E-state index contributed by atoms with van der Waals surface area (Å²) in [5.74, 6) is -0.624. The Kier molecular flexibility index (Phi) is 10.7. The van der Waals surface area contributed by atoms with Gasteiger partial charge in [-0.25, -0.2) is 33.1 Å². The van der Waals surface area contributed by atoms with Gasteiger partial charge in [0.15, 0.2) is 11.0 Å². The molecule has 6 rings (SSSR count). The highest BCUT2D eigenvalue weighted by Gasteiger charge is 2.20. The number of pyridine rings is 1. The Morgan fingerprint density at radius 1 is 0.941 bits per heavy atom. The van der Waals surface area contributed by atoms with Crippen molar-refractivity contribution in [2.75, 3.05) is 5.75 Å². The molecule has 3 aromatic carbocycles. The fourth-order valence-electron chi connectivity index (χ4n) is 5.50. The minimum Gasteiger partial charge on any atom is -0.443 e. The summed E-state index contributed by atoms with van der Waals surface area (Å²) < 4.78 is 43.6. The van der Waals surface area contributed by atoms with E-state index in [1.54, 1.807) is 69.4 Å². The van der Waals surface area contributed by atoms with Gasteiger partial charge in [-0.15, -0.1) is 0 Å². The minimum atomic E-state index is -0.911. The first kappa shape index (κ1) is 35.6. The van der Waals surface area contributed by atoms with Gasteiger partial charge >= 0.3 is 6.09 Å². The zero-order valence-corrected chi connectivity index (χ0v) is 29.5. The minimum absolute atomic E-state index is 0.0677. The van der Waals surface area contributed by atoms with Crippen molar-refractivity contribution in [3.63, 3.8) is 0 Å². The molecule has 1 unspecified atom stereocenters. The van der Waals surface area contributed by atoms with Crippen LogP contribution in [0.4, 0.5) is 13.6 Å². The normalized spacial score (nSPS) is 12.3. The Balaban J connectivity index is 1.18. The molecule has 6 aromatic rings. The van der Waals surface area contributed by atoms with Crippen molar-refractivity contribution in [2.45, 2.75) is 64.1 Å². The molecule has 0 aliphatic heterocycles. The van der Waals surface area contributed by atoms with Crippen molar-refractivity contribution < 1.29 is 23.0 Å². The predicted octanol–water partition coefficient (Wildman–Crippen LogP) is 8.51. The molecule has 0 bridgehead atoms. The molecule has 0 fully saturated rings. The number of aryl methyl sites for hydroxylation is 1. The predicted molar refractivity (Wildman–Crippen MR) is 193 cm³/mol. The Morgan fingerprint density at radius 2 is 1.71 bits per heavy atom. The SMILES string of the molecule is Cc1cc(-c2cc(F)c(=O)n(Cc3ccc4c(c3)ncn4C(=O)OC(C)(C)C)c2)nc(SCCC(OCc2ccccc2F)c2ccccc2)n1. The number of hydrogen-bond acceptors (Lipinski definition) is 8. The molecule has 0 spiro atoms. The van der Waals surface area contributed by atoms with Gasteiger partial charge in [0, 0.05) is 28.8 Å². The van der Waals surface area contributed by atoms with Crippen LogP contribution in [0.1, 0.15) is 55.7 Å². The number of hydrogen-bond donors (Lipinski definition) is 0. The molecule has 1 atom stereocenters. The molecule has 262 valence electrons. The lowest BCUT2D eigenvalue weighted by molar-refractivity contribution is 0.0364. The van der Waals surface area contributed by atoms with Crippen molar-refractivity contribution in [3.05, 3.63) is 142 Å². The summed E-state index contributed by atoms with van der Waals surface area (Å²) in [6.45, 7) is 7.38. The molecule has 0 aliphatic carbocycles. The number of carbonyl (C=O) groups is 1. The lowest BCUT2D eigenvalue weighted by atomic mass is 10.1. The number of benzene rings is 3. The average molecular weight is 710 g/mol. The summed E-state index contributed by atoms with van der Waals surface area (Å²) in [6.07, 6.45) is 2.74. The average Bonchev–Trinajstić information content (AvgIpc) is 3.52. The number of imidazole rings is 1. The van der Waals surface area contributed by atoms with E-state index in [1.165, 1.54) is 39.4 Å². The van der Waals surface area contributed by atoms with Gasteiger partial charge in [0.25, 0.3) is 5.56 Å². The summed E-state index contributed by atoms with van der Waals surface area (Å²) in [4.78, 5) is 39.2. The van der Waals surface area contributed by atoms with Crippen LogP contribution in [0.25, 0.3) is 22.3 Å². The summed E-state index contributed by atoms with van der Waals surface area (Å²) in [5, 5.41) is 0.495. The van der Waals surface area contributed by atoms with E-state index >= 15 is 4.39 Å². The zero-order valence-electron chi connectivity index (χ0n) is 28.7. The van der Waals surface area contributed by atoms with Crippen molar-refractivity contribution in [1.82, 2.24) is 24.1 Å². The van der Waals surface area contributed by atoms with Crippen LogP contribution < -0.4 is 5.56 Å². The summed E-state index contributed by atoms with van der Waals surface area (Å²) >= 11 is 1.43. The third-order valence-corrected chi connectivity index (χ3v) is 8.79. The molecule has 9 nitrogen and oxygen atoms in total. The third kappa shape index (κ3) is 8.94. The van der Waals surface area contributed by atoms with Gasteiger partial charge in [0.2, 0.25) is 0 Å². The van der Waals surface area contributed by atoms with Crippen LogP contribution in [0, 0.1) is 18.6 Å². The van der Waals surface area contributed by atoms with Crippen LogP contribution in [0.15, 0.2) is 107 Å². The number of aromatic nitrogens is 5. The standard InChI is InChI=1S/C39H37F2N5O4S/c1-25-18-32(44-37(43-25)51-17-16-35(27-10-6-5-7-11-27)49-23-28-12-8-9-13-30(28)40)29-20-31(41)36(47)45(22-29)21-26-14-15-34-33(19-26)42-24-46(34)38(48)50-39(2,3)4/h5-15,18-20,22,24,35H,16-17,21,23H2,1-4H3. The maximum Gasteiger partial charge on any atom is 0.420 e. The van der Waals surface area contributed by atoms with Crippen LogP contribution in [-0.4, -0.2) is 41.5 Å². The van der Waals surface area contributed by atoms with E-state index in [2.05, 4.69) is 9.97 Å². The van der Waals surface area contributed by atoms with Crippen molar-refractivity contribution in [2.24, 2.45) is 0 Å². The van der Waals surface area contributed by atoms with Gasteiger partial charge in [-0.1, -0.05) is 66.4 Å². The van der Waals surface area contributed by atoms with E-state index in [0.29, 0.717) is 56.4 Å². The van der Waals surface area contributed by atoms with E-state index in [4.69, 9.17) is 14.5 Å². The van der Waals surface area contributed by atoms with Crippen LogP contribution >= 0.6 is 11.8 Å². The molecule has 0 N–H and O–H groups in total. The molecule has 12 heteroatoms. The van der Waals surface area contributed by atoms with Gasteiger partial charge in [0.05, 0.1) is 36.0 Å². The number of carbonyl (C=O) groups excluding carboxylic acids is 1. The molecule has 51 heavy (non-hydrogen) atoms. The molecular formula is C39H37F2N5O4S. The van der Waals surface area contributed by atoms with E-state index < -0.39 is 23.1 Å². The van der Waals surface area contributed by atoms with Crippen molar-refractivity contribution in [3.8, 4) is 11.3 Å². The van der Waals surface area contributed by atoms with Crippen molar-refractivity contribution in [1.29, 1.82) is 0 Å². The van der Waals surface area contributed by atoms with E-state index in [0.717, 1.165) is 5.56 Å². The van der Waals surface area contributed by atoms with Crippen LogP contribution in [0.2, 0.25) is 0 Å². The van der Waals surface area contributed by atoms with Crippen molar-refractivity contribution >= 4 is 28.9 Å². The van der Waals surface area contributed by atoms with Gasteiger partial charge in [-0.3, -0.25) is 4.79 Å². The number of nitrogens with zero attached hydrogens (tertiary/aromatic N) is 5. The summed E-state index contributed by atoms with van der Waals surface area (Å²) in [5.41, 5.74) is 3.37. The fourth-order valence-corrected chi connectivity index (χ4v) is 6.38. The smallest absolute Gasteiger partial charge is 0.420 e. The maximum atomic E-state index is 15.1. The number of fused-ring (bicyclic) bond motifs is 1. The highest BCUT2D eigenvalue weighted by atomic mass is 32.2. The lowest BCUT2D eigenvalue weighted by Crippen LogP contribution is -2.26. The molecule has 0 aliphatic rings. The first-order valence-electron chi connectivity index (χ1n) is 16.4. The third-order valence-electron chi connectivity index (χ3n) is 7.91. The molecule has 0 amide bonds. The Hall–Kier alpha value is -5.20. The number of rotatable bonds is 11. The van der Waals surface area contributed by atoms with Crippen LogP contribution in [0.5, 0.6) is 0 Å². The van der Waals surface area contributed by atoms with Gasteiger partial charge in [0.1, 0.15) is 17.7 Å². The molecular weight excluding hydrogens is 673 g/mol. The maximum absolute atomic E-state index is 15.1. The Morgan fingerprint density at radius 3 is 2.47 bits per heavy atom. The van der Waals surface area contributed by atoms with Gasteiger partial charge in [-0.2, -0.15) is 0 Å². The summed E-state index contributed by atoms with van der Waals surface area (Å²) in [7, 11) is 0. The lowest BCUT2D eigenvalue weighted by Gasteiger charge is -2.19. The first-order valence-corrected chi connectivity index (χ1v) is 17.4. The molecule has 3 heterocycles. The highest BCUT2D eigenvalue weighted by molar-refractivity contribution is 7.99. The van der Waals surface area contributed by atoms with E-state index in [9.17, 15) is 14.0 Å². The monoisotopic (exact) mass is 709 g/mol. The largest absolute Gasteiger partial charge is 0.443 e. The quantitative estimate of drug-likeness (QED) is 0.0975. The number of halogens is 2. The topological polar surface area (TPSA) is 101 Å². The first-order chi connectivity index (χ1) is 24.4. The van der Waals surface area contributed by atoms with Gasteiger partial charge in [-0.05, 0) is 75.6 Å². The Bertz CT molecular complexity index is 2230. The zero-order chi connectivity index (χ0) is 36.1.